The van der Waals surface area contributed by atoms with Gasteiger partial charge in [0.15, 0.2) is 17.5 Å². The second kappa shape index (κ2) is 5.84. The summed E-state index contributed by atoms with van der Waals surface area (Å²) in [5, 5.41) is 9.24. The summed E-state index contributed by atoms with van der Waals surface area (Å²) in [4.78, 5) is 5.66. The normalized spacial score (nSPS) is 17.4. The molecular weight excluding hydrogens is 324 g/mol. The van der Waals surface area contributed by atoms with Crippen LogP contribution in [0.5, 0.6) is 11.5 Å². The average Bonchev–Trinajstić information content (AvgIpc) is 2.46. The fourth-order valence-electron chi connectivity index (χ4n) is 1.91. The Morgan fingerprint density at radius 1 is 1.40 bits per heavy atom. The molecule has 0 amide bonds. The van der Waals surface area contributed by atoms with Crippen molar-refractivity contribution < 1.29 is 9.47 Å². The van der Waals surface area contributed by atoms with Gasteiger partial charge in [0, 0.05) is 24.2 Å². The minimum Gasteiger partial charge on any atom is -0.493 e. The minimum atomic E-state index is -0.648. The van der Waals surface area contributed by atoms with E-state index in [4.69, 9.17) is 15.2 Å². The lowest BCUT2D eigenvalue weighted by Crippen LogP contribution is -2.42. The first kappa shape index (κ1) is 14.2. The smallest absolute Gasteiger partial charge is 0.178 e. The van der Waals surface area contributed by atoms with E-state index in [0.717, 1.165) is 10.2 Å². The number of hydrogen-bond donors (Lipinski definition) is 1. The first-order chi connectivity index (χ1) is 9.62. The van der Waals surface area contributed by atoms with Gasteiger partial charge in [0.2, 0.25) is 0 Å². The molecule has 0 radical (unpaired) electrons. The molecule has 1 aliphatic rings. The number of anilines is 1. The maximum atomic E-state index is 9.24. The van der Waals surface area contributed by atoms with Crippen LogP contribution in [-0.2, 0) is 0 Å². The molecule has 0 saturated heterocycles. The van der Waals surface area contributed by atoms with Gasteiger partial charge < -0.3 is 20.1 Å². The molecule has 2 rings (SSSR count). The van der Waals surface area contributed by atoms with E-state index < -0.39 is 6.04 Å². The Bertz CT molecular complexity index is 622. The molecule has 0 fully saturated rings. The highest BCUT2D eigenvalue weighted by molar-refractivity contribution is 9.10. The van der Waals surface area contributed by atoms with Crippen LogP contribution in [0.25, 0.3) is 0 Å². The molecule has 0 spiro atoms. The molecule has 1 aliphatic heterocycles. The highest BCUT2D eigenvalue weighted by Gasteiger charge is 2.24. The Kier molecular flexibility index (Phi) is 4.15. The molecule has 1 aromatic rings. The van der Waals surface area contributed by atoms with E-state index in [1.807, 2.05) is 6.07 Å². The summed E-state index contributed by atoms with van der Waals surface area (Å²) < 4.78 is 11.3. The average molecular weight is 337 g/mol. The number of benzene rings is 1. The van der Waals surface area contributed by atoms with Crippen LogP contribution in [0, 0.1) is 11.3 Å². The van der Waals surface area contributed by atoms with E-state index in [1.54, 1.807) is 37.6 Å². The molecule has 2 N–H and O–H groups in total. The summed E-state index contributed by atoms with van der Waals surface area (Å²) >= 11 is 3.42. The van der Waals surface area contributed by atoms with Crippen molar-refractivity contribution in [1.29, 1.82) is 5.26 Å². The van der Waals surface area contributed by atoms with E-state index in [-0.39, 0.29) is 5.84 Å². The van der Waals surface area contributed by atoms with Gasteiger partial charge in [0.1, 0.15) is 5.84 Å². The molecule has 0 saturated carbocycles. The Labute approximate surface area is 125 Å². The molecular formula is C13H13BrN4O2. The summed E-state index contributed by atoms with van der Waals surface area (Å²) in [6, 6.07) is 5.07. The number of halogens is 1. The number of nitrogens with two attached hydrogens (primary N) is 1. The number of amidine groups is 1. The largest absolute Gasteiger partial charge is 0.493 e. The lowest BCUT2D eigenvalue weighted by molar-refractivity contribution is 0.353. The van der Waals surface area contributed by atoms with Crippen LogP contribution in [0.1, 0.15) is 0 Å². The number of methoxy groups -OCH3 is 2. The fourth-order valence-corrected chi connectivity index (χ4v) is 2.50. The zero-order valence-electron chi connectivity index (χ0n) is 11.0. The van der Waals surface area contributed by atoms with Gasteiger partial charge in [0.05, 0.1) is 24.8 Å². The van der Waals surface area contributed by atoms with Crippen LogP contribution in [0.2, 0.25) is 0 Å². The standard InChI is InChI=1S/C13H13BrN4O2/c1-19-11-6-8(5-9(14)12(11)20-2)18-4-3-17-13(16)10(18)7-15/h3-6,10H,1-2H3,(H2,16,17). The van der Waals surface area contributed by atoms with Crippen molar-refractivity contribution in [2.24, 2.45) is 10.7 Å². The maximum Gasteiger partial charge on any atom is 0.178 e. The summed E-state index contributed by atoms with van der Waals surface area (Å²) in [5.74, 6) is 1.40. The predicted octanol–water partition coefficient (Wildman–Crippen LogP) is 2.01. The van der Waals surface area contributed by atoms with Gasteiger partial charge in [-0.2, -0.15) is 5.26 Å². The molecule has 20 heavy (non-hydrogen) atoms. The quantitative estimate of drug-likeness (QED) is 0.912. The van der Waals surface area contributed by atoms with Crippen LogP contribution in [0.3, 0.4) is 0 Å². The predicted molar refractivity (Wildman–Crippen MR) is 79.9 cm³/mol. The van der Waals surface area contributed by atoms with Gasteiger partial charge in [-0.15, -0.1) is 0 Å². The lowest BCUT2D eigenvalue weighted by Gasteiger charge is -2.28. The highest BCUT2D eigenvalue weighted by atomic mass is 79.9. The topological polar surface area (TPSA) is 83.9 Å². The van der Waals surface area contributed by atoms with Gasteiger partial charge in [-0.05, 0) is 22.0 Å². The lowest BCUT2D eigenvalue weighted by atomic mass is 10.2. The molecule has 1 aromatic carbocycles. The van der Waals surface area contributed by atoms with Crippen LogP contribution in [-0.4, -0.2) is 26.1 Å². The number of hydrogen-bond acceptors (Lipinski definition) is 6. The monoisotopic (exact) mass is 336 g/mol. The SMILES string of the molecule is COc1cc(N2C=CN=C(N)C2C#N)cc(Br)c1OC. The second-order valence-electron chi connectivity index (χ2n) is 3.95. The summed E-state index contributed by atoms with van der Waals surface area (Å²) in [6.45, 7) is 0. The molecule has 1 unspecified atom stereocenters. The molecule has 104 valence electrons. The van der Waals surface area contributed by atoms with Crippen molar-refractivity contribution >= 4 is 27.5 Å². The van der Waals surface area contributed by atoms with E-state index in [2.05, 4.69) is 27.0 Å². The van der Waals surface area contributed by atoms with Gasteiger partial charge >= 0.3 is 0 Å². The van der Waals surface area contributed by atoms with Crippen LogP contribution in [0.15, 0.2) is 34.0 Å². The first-order valence-electron chi connectivity index (χ1n) is 5.71. The third kappa shape index (κ3) is 2.42. The molecule has 1 atom stereocenters. The number of nitriles is 1. The third-order valence-corrected chi connectivity index (χ3v) is 3.44. The third-order valence-electron chi connectivity index (χ3n) is 2.85. The van der Waals surface area contributed by atoms with E-state index in [1.165, 1.54) is 0 Å². The summed E-state index contributed by atoms with van der Waals surface area (Å²) in [6.07, 6.45) is 3.24. The Hall–Kier alpha value is -2.20. The minimum absolute atomic E-state index is 0.251. The number of aliphatic imine (C=N–C) groups is 1. The molecule has 7 heteroatoms. The molecule has 0 aliphatic carbocycles. The van der Waals surface area contributed by atoms with Crippen molar-refractivity contribution in [3.63, 3.8) is 0 Å². The summed E-state index contributed by atoms with van der Waals surface area (Å²) in [7, 11) is 3.11. The van der Waals surface area contributed by atoms with Gasteiger partial charge in [-0.3, -0.25) is 0 Å². The maximum absolute atomic E-state index is 9.24. The number of rotatable bonds is 3. The zero-order valence-corrected chi connectivity index (χ0v) is 12.6. The number of nitrogens with zero attached hydrogens (tertiary/aromatic N) is 3. The summed E-state index contributed by atoms with van der Waals surface area (Å²) in [5.41, 5.74) is 6.49. The van der Waals surface area contributed by atoms with Crippen LogP contribution >= 0.6 is 15.9 Å². The van der Waals surface area contributed by atoms with Crippen LogP contribution < -0.4 is 20.1 Å². The van der Waals surface area contributed by atoms with Gasteiger partial charge in [-0.1, -0.05) is 0 Å². The fraction of sp³-hybridized carbons (Fsp3) is 0.231. The Balaban J connectivity index is 2.49. The van der Waals surface area contributed by atoms with E-state index >= 15 is 0 Å². The molecule has 0 bridgehead atoms. The molecule has 6 nitrogen and oxygen atoms in total. The molecule has 1 heterocycles. The van der Waals surface area contributed by atoms with Crippen LogP contribution in [0.4, 0.5) is 5.69 Å². The van der Waals surface area contributed by atoms with Crippen molar-refractivity contribution in [2.75, 3.05) is 19.1 Å². The Morgan fingerprint density at radius 3 is 2.75 bits per heavy atom. The van der Waals surface area contributed by atoms with Crippen molar-refractivity contribution in [1.82, 2.24) is 0 Å². The second-order valence-corrected chi connectivity index (χ2v) is 4.81. The van der Waals surface area contributed by atoms with Crippen molar-refractivity contribution in [2.45, 2.75) is 6.04 Å². The Morgan fingerprint density at radius 2 is 2.15 bits per heavy atom. The van der Waals surface area contributed by atoms with Crippen molar-refractivity contribution in [3.05, 3.63) is 29.0 Å². The molecule has 0 aromatic heterocycles. The van der Waals surface area contributed by atoms with E-state index in [0.29, 0.717) is 11.5 Å². The van der Waals surface area contributed by atoms with Crippen molar-refractivity contribution in [3.8, 4) is 17.6 Å². The number of ether oxygens (including phenoxy) is 2. The van der Waals surface area contributed by atoms with Gasteiger partial charge in [0.25, 0.3) is 0 Å². The highest BCUT2D eigenvalue weighted by Crippen LogP contribution is 2.39. The van der Waals surface area contributed by atoms with E-state index in [9.17, 15) is 5.26 Å². The first-order valence-corrected chi connectivity index (χ1v) is 6.51. The van der Waals surface area contributed by atoms with Gasteiger partial charge in [-0.25, -0.2) is 4.99 Å². The zero-order chi connectivity index (χ0) is 14.7.